The predicted octanol–water partition coefficient (Wildman–Crippen LogP) is 1.33. The van der Waals surface area contributed by atoms with E-state index in [1.54, 1.807) is 18.2 Å². The lowest BCUT2D eigenvalue weighted by Gasteiger charge is -2.11. The van der Waals surface area contributed by atoms with E-state index in [1.165, 1.54) is 16.7 Å². The monoisotopic (exact) mass is 291 g/mol. The molecule has 3 rings (SSSR count). The molecule has 104 valence electrons. The van der Waals surface area contributed by atoms with Gasteiger partial charge in [0.25, 0.3) is 5.56 Å². The van der Waals surface area contributed by atoms with Gasteiger partial charge >= 0.3 is 0 Å². The highest BCUT2D eigenvalue weighted by atomic mass is 32.2. The molecule has 5 nitrogen and oxygen atoms in total. The van der Waals surface area contributed by atoms with Crippen LogP contribution in [0, 0.1) is 0 Å². The van der Waals surface area contributed by atoms with Crippen LogP contribution in [0.3, 0.4) is 0 Å². The van der Waals surface area contributed by atoms with Crippen LogP contribution in [0.5, 0.6) is 5.75 Å². The number of hydrogen-bond donors (Lipinski definition) is 1. The van der Waals surface area contributed by atoms with Crippen LogP contribution in [0.25, 0.3) is 0 Å². The molecule has 0 saturated heterocycles. The van der Waals surface area contributed by atoms with Crippen molar-refractivity contribution in [3.8, 4) is 5.75 Å². The third-order valence-corrected chi connectivity index (χ3v) is 5.31. The van der Waals surface area contributed by atoms with E-state index in [0.29, 0.717) is 25.1 Å². The largest absolute Gasteiger partial charge is 0.503 e. The van der Waals surface area contributed by atoms with E-state index in [4.69, 9.17) is 0 Å². The van der Waals surface area contributed by atoms with E-state index in [0.717, 1.165) is 6.07 Å². The van der Waals surface area contributed by atoms with Gasteiger partial charge in [-0.1, -0.05) is 18.2 Å². The number of pyridine rings is 1. The Morgan fingerprint density at radius 3 is 2.55 bits per heavy atom. The first-order valence-corrected chi connectivity index (χ1v) is 7.76. The van der Waals surface area contributed by atoms with Crippen LogP contribution in [-0.4, -0.2) is 18.1 Å². The van der Waals surface area contributed by atoms with E-state index in [-0.39, 0.29) is 9.79 Å². The molecule has 0 aliphatic carbocycles. The fourth-order valence-corrected chi connectivity index (χ4v) is 4.08. The molecule has 2 aromatic rings. The number of hydrogen-bond acceptors (Lipinski definition) is 4. The van der Waals surface area contributed by atoms with Crippen molar-refractivity contribution in [2.45, 2.75) is 29.2 Å². The smallest absolute Gasteiger partial charge is 0.292 e. The van der Waals surface area contributed by atoms with Crippen molar-refractivity contribution in [2.24, 2.45) is 0 Å². The van der Waals surface area contributed by atoms with Gasteiger partial charge in [0.15, 0.2) is 5.75 Å². The van der Waals surface area contributed by atoms with Crippen molar-refractivity contribution < 1.29 is 13.5 Å². The maximum atomic E-state index is 12.6. The molecule has 1 N–H and O–H groups in total. The Balaban J connectivity index is 2.29. The van der Waals surface area contributed by atoms with E-state index in [9.17, 15) is 18.3 Å². The second-order valence-electron chi connectivity index (χ2n) is 4.72. The Labute approximate surface area is 116 Å². The van der Waals surface area contributed by atoms with E-state index in [2.05, 4.69) is 0 Å². The summed E-state index contributed by atoms with van der Waals surface area (Å²) in [5.41, 5.74) is -0.0406. The molecular formula is C14H13NO4S. The van der Waals surface area contributed by atoms with Gasteiger partial charge in [0, 0.05) is 18.3 Å². The molecule has 2 heterocycles. The van der Waals surface area contributed by atoms with Gasteiger partial charge in [-0.15, -0.1) is 0 Å². The molecule has 0 bridgehead atoms. The van der Waals surface area contributed by atoms with E-state index >= 15 is 0 Å². The summed E-state index contributed by atoms with van der Waals surface area (Å²) < 4.78 is 26.6. The average molecular weight is 291 g/mol. The molecule has 0 fully saturated rings. The number of nitrogens with zero attached hydrogens (tertiary/aromatic N) is 1. The minimum Gasteiger partial charge on any atom is -0.503 e. The van der Waals surface area contributed by atoms with Crippen molar-refractivity contribution in [3.63, 3.8) is 0 Å². The predicted molar refractivity (Wildman–Crippen MR) is 72.6 cm³/mol. The first-order chi connectivity index (χ1) is 9.51. The molecule has 1 aromatic heterocycles. The SMILES string of the molecule is O=c1c(O)cc(S(=O)(=O)c2ccccc2)c2n1CCC2. The summed E-state index contributed by atoms with van der Waals surface area (Å²) in [6.45, 7) is 0.444. The van der Waals surface area contributed by atoms with Gasteiger partial charge < -0.3 is 9.67 Å². The van der Waals surface area contributed by atoms with Crippen molar-refractivity contribution >= 4 is 9.84 Å². The highest BCUT2D eigenvalue weighted by Gasteiger charge is 2.27. The molecule has 0 spiro atoms. The third kappa shape index (κ3) is 1.84. The minimum absolute atomic E-state index is 0.0262. The molecule has 1 aromatic carbocycles. The second kappa shape index (κ2) is 4.49. The molecule has 1 aliphatic rings. The van der Waals surface area contributed by atoms with Crippen LogP contribution in [0.1, 0.15) is 12.1 Å². The zero-order chi connectivity index (χ0) is 14.3. The lowest BCUT2D eigenvalue weighted by atomic mass is 10.3. The summed E-state index contributed by atoms with van der Waals surface area (Å²) in [5.74, 6) is -0.523. The van der Waals surface area contributed by atoms with Crippen molar-refractivity contribution in [3.05, 3.63) is 52.4 Å². The van der Waals surface area contributed by atoms with Crippen LogP contribution < -0.4 is 5.56 Å². The van der Waals surface area contributed by atoms with E-state index < -0.39 is 21.1 Å². The first kappa shape index (κ1) is 12.9. The lowest BCUT2D eigenvalue weighted by molar-refractivity contribution is 0.455. The highest BCUT2D eigenvalue weighted by Crippen LogP contribution is 2.28. The highest BCUT2D eigenvalue weighted by molar-refractivity contribution is 7.91. The Bertz CT molecular complexity index is 822. The molecule has 0 unspecified atom stereocenters. The zero-order valence-corrected chi connectivity index (χ0v) is 11.4. The maximum Gasteiger partial charge on any atom is 0.292 e. The molecule has 0 radical (unpaired) electrons. The van der Waals surface area contributed by atoms with Crippen LogP contribution >= 0.6 is 0 Å². The Kier molecular flexibility index (Phi) is 2.90. The quantitative estimate of drug-likeness (QED) is 0.905. The molecule has 1 aliphatic heterocycles. The standard InChI is InChI=1S/C14H13NO4S/c16-12-9-13(11-7-4-8-15(11)14(12)17)20(18,19)10-5-2-1-3-6-10/h1-3,5-6,9,16H,4,7-8H2. The number of sulfone groups is 1. The van der Waals surface area contributed by atoms with Crippen LogP contribution in [0.2, 0.25) is 0 Å². The van der Waals surface area contributed by atoms with Gasteiger partial charge in [-0.05, 0) is 25.0 Å². The molecule has 20 heavy (non-hydrogen) atoms. The maximum absolute atomic E-state index is 12.6. The molecule has 0 atom stereocenters. The zero-order valence-electron chi connectivity index (χ0n) is 10.6. The second-order valence-corrected chi connectivity index (χ2v) is 6.64. The van der Waals surface area contributed by atoms with Crippen molar-refractivity contribution in [2.75, 3.05) is 0 Å². The summed E-state index contributed by atoms with van der Waals surface area (Å²) in [7, 11) is -3.72. The van der Waals surface area contributed by atoms with Crippen LogP contribution in [-0.2, 0) is 22.8 Å². The van der Waals surface area contributed by atoms with Crippen LogP contribution in [0.4, 0.5) is 0 Å². The Morgan fingerprint density at radius 2 is 1.85 bits per heavy atom. The van der Waals surface area contributed by atoms with Crippen molar-refractivity contribution in [1.82, 2.24) is 4.57 Å². The van der Waals surface area contributed by atoms with Gasteiger partial charge in [-0.25, -0.2) is 8.42 Å². The molecule has 0 amide bonds. The Morgan fingerprint density at radius 1 is 1.15 bits per heavy atom. The van der Waals surface area contributed by atoms with E-state index in [1.807, 2.05) is 0 Å². The molecule has 0 saturated carbocycles. The summed E-state index contributed by atoms with van der Waals surface area (Å²) in [4.78, 5) is 12.0. The third-order valence-electron chi connectivity index (χ3n) is 3.48. The van der Waals surface area contributed by atoms with Gasteiger partial charge in [0.1, 0.15) is 0 Å². The lowest BCUT2D eigenvalue weighted by Crippen LogP contribution is -2.21. The summed E-state index contributed by atoms with van der Waals surface area (Å²) in [5, 5.41) is 9.68. The fraction of sp³-hybridized carbons (Fsp3) is 0.214. The Hall–Kier alpha value is -2.08. The van der Waals surface area contributed by atoms with Gasteiger partial charge in [0.05, 0.1) is 9.79 Å². The summed E-state index contributed by atoms with van der Waals surface area (Å²) in [6, 6.07) is 9.09. The molecular weight excluding hydrogens is 278 g/mol. The van der Waals surface area contributed by atoms with Crippen LogP contribution in [0.15, 0.2) is 51.0 Å². The number of fused-ring (bicyclic) bond motifs is 1. The molecule has 6 heteroatoms. The summed E-state index contributed by atoms with van der Waals surface area (Å²) >= 11 is 0. The number of aromatic hydroxyl groups is 1. The van der Waals surface area contributed by atoms with Gasteiger partial charge in [-0.3, -0.25) is 4.79 Å². The minimum atomic E-state index is -3.72. The number of benzene rings is 1. The first-order valence-electron chi connectivity index (χ1n) is 6.27. The average Bonchev–Trinajstić information content (AvgIpc) is 2.93. The number of rotatable bonds is 2. The topological polar surface area (TPSA) is 76.4 Å². The normalized spacial score (nSPS) is 14.2. The van der Waals surface area contributed by atoms with Gasteiger partial charge in [-0.2, -0.15) is 0 Å². The van der Waals surface area contributed by atoms with Gasteiger partial charge in [0.2, 0.25) is 9.84 Å². The summed E-state index contributed by atoms with van der Waals surface area (Å²) in [6.07, 6.45) is 1.23. The van der Waals surface area contributed by atoms with Crippen molar-refractivity contribution in [1.29, 1.82) is 0 Å². The number of aromatic nitrogens is 1. The fourth-order valence-electron chi connectivity index (χ4n) is 2.52.